The number of ether oxygens (including phenoxy) is 2. The minimum atomic E-state index is 0.0327. The molecule has 0 spiro atoms. The third kappa shape index (κ3) is 5.93. The van der Waals surface area contributed by atoms with Gasteiger partial charge in [-0.05, 0) is 50.3 Å². The Morgan fingerprint density at radius 3 is 2.55 bits per heavy atom. The molecule has 0 aliphatic carbocycles. The lowest BCUT2D eigenvalue weighted by Gasteiger charge is -2.14. The average Bonchev–Trinajstić information content (AvgIpc) is 2.39. The zero-order valence-electron chi connectivity index (χ0n) is 13.3. The first kappa shape index (κ1) is 17.0. The highest BCUT2D eigenvalue weighted by Crippen LogP contribution is 2.24. The Balaban J connectivity index is 2.58. The van der Waals surface area contributed by atoms with Crippen molar-refractivity contribution in [1.29, 1.82) is 0 Å². The Kier molecular flexibility index (Phi) is 7.63. The van der Waals surface area contributed by atoms with Crippen LogP contribution in [0, 0.1) is 5.92 Å². The van der Waals surface area contributed by atoms with Crippen molar-refractivity contribution in [3.8, 4) is 5.75 Å². The van der Waals surface area contributed by atoms with Gasteiger partial charge in [0.25, 0.3) is 0 Å². The second kappa shape index (κ2) is 8.98. The van der Waals surface area contributed by atoms with Crippen LogP contribution in [0.5, 0.6) is 5.75 Å². The lowest BCUT2D eigenvalue weighted by atomic mass is 10.1. The zero-order valence-corrected chi connectivity index (χ0v) is 13.3. The van der Waals surface area contributed by atoms with E-state index in [-0.39, 0.29) is 6.04 Å². The number of benzene rings is 1. The molecule has 20 heavy (non-hydrogen) atoms. The number of rotatable bonds is 9. The normalized spacial score (nSPS) is 12.7. The van der Waals surface area contributed by atoms with E-state index in [4.69, 9.17) is 15.2 Å². The van der Waals surface area contributed by atoms with Crippen molar-refractivity contribution in [2.24, 2.45) is 11.7 Å². The van der Waals surface area contributed by atoms with Crippen molar-refractivity contribution in [1.82, 2.24) is 0 Å². The second-order valence-electron chi connectivity index (χ2n) is 5.68. The van der Waals surface area contributed by atoms with Crippen molar-refractivity contribution in [3.05, 3.63) is 29.3 Å². The molecule has 0 heterocycles. The Bertz CT molecular complexity index is 389. The summed E-state index contributed by atoms with van der Waals surface area (Å²) in [5, 5.41) is 0. The van der Waals surface area contributed by atoms with Crippen molar-refractivity contribution in [2.75, 3.05) is 13.2 Å². The van der Waals surface area contributed by atoms with Gasteiger partial charge in [-0.2, -0.15) is 0 Å². The third-order valence-corrected chi connectivity index (χ3v) is 3.24. The molecule has 1 aromatic carbocycles. The minimum Gasteiger partial charge on any atom is -0.494 e. The van der Waals surface area contributed by atoms with Gasteiger partial charge in [-0.1, -0.05) is 19.9 Å². The molecule has 0 radical (unpaired) electrons. The predicted molar refractivity (Wildman–Crippen MR) is 83.9 cm³/mol. The van der Waals surface area contributed by atoms with Crippen molar-refractivity contribution < 1.29 is 9.47 Å². The summed E-state index contributed by atoms with van der Waals surface area (Å²) in [5.41, 5.74) is 8.14. The van der Waals surface area contributed by atoms with E-state index in [0.717, 1.165) is 35.8 Å². The van der Waals surface area contributed by atoms with Gasteiger partial charge in [0.2, 0.25) is 0 Å². The first-order chi connectivity index (χ1) is 9.54. The van der Waals surface area contributed by atoms with E-state index < -0.39 is 0 Å². The maximum Gasteiger partial charge on any atom is 0.124 e. The molecule has 0 bridgehead atoms. The van der Waals surface area contributed by atoms with Crippen LogP contribution >= 0.6 is 0 Å². The van der Waals surface area contributed by atoms with Gasteiger partial charge in [0.15, 0.2) is 0 Å². The molecular formula is C17H29NO2. The van der Waals surface area contributed by atoms with Crippen LogP contribution in [0.2, 0.25) is 0 Å². The third-order valence-electron chi connectivity index (χ3n) is 3.24. The van der Waals surface area contributed by atoms with Gasteiger partial charge in [0, 0.05) is 18.2 Å². The van der Waals surface area contributed by atoms with E-state index in [0.29, 0.717) is 13.2 Å². The van der Waals surface area contributed by atoms with E-state index in [1.165, 1.54) is 6.42 Å². The molecule has 0 amide bonds. The lowest BCUT2D eigenvalue weighted by Crippen LogP contribution is -2.07. The monoisotopic (exact) mass is 279 g/mol. The largest absolute Gasteiger partial charge is 0.494 e. The van der Waals surface area contributed by atoms with Gasteiger partial charge in [0.1, 0.15) is 5.75 Å². The molecule has 2 N–H and O–H groups in total. The summed E-state index contributed by atoms with van der Waals surface area (Å²) >= 11 is 0. The standard InChI is InChI=1S/C17H29NO2/c1-5-20-17-9-8-15(14(4)18)11-16(17)12-19-10-6-7-13(2)3/h8-9,11,13-14H,5-7,10,12,18H2,1-4H3. The van der Waals surface area contributed by atoms with Crippen LogP contribution < -0.4 is 10.5 Å². The Labute approximate surface area is 123 Å². The molecule has 0 aromatic heterocycles. The van der Waals surface area contributed by atoms with E-state index in [2.05, 4.69) is 19.9 Å². The van der Waals surface area contributed by atoms with Crippen molar-refractivity contribution in [2.45, 2.75) is 53.2 Å². The Morgan fingerprint density at radius 2 is 1.95 bits per heavy atom. The topological polar surface area (TPSA) is 44.5 Å². The van der Waals surface area contributed by atoms with Gasteiger partial charge < -0.3 is 15.2 Å². The number of hydrogen-bond acceptors (Lipinski definition) is 3. The van der Waals surface area contributed by atoms with Crippen LogP contribution in [0.15, 0.2) is 18.2 Å². The summed E-state index contributed by atoms with van der Waals surface area (Å²) in [7, 11) is 0. The molecule has 114 valence electrons. The molecule has 1 aromatic rings. The lowest BCUT2D eigenvalue weighted by molar-refractivity contribution is 0.112. The highest BCUT2D eigenvalue weighted by molar-refractivity contribution is 5.38. The molecule has 1 unspecified atom stereocenters. The minimum absolute atomic E-state index is 0.0327. The predicted octanol–water partition coefficient (Wildman–Crippen LogP) is 4.06. The van der Waals surface area contributed by atoms with Crippen LogP contribution in [-0.4, -0.2) is 13.2 Å². The molecule has 1 rings (SSSR count). The van der Waals surface area contributed by atoms with E-state index in [1.54, 1.807) is 0 Å². The van der Waals surface area contributed by atoms with Gasteiger partial charge in [-0.15, -0.1) is 0 Å². The van der Waals surface area contributed by atoms with Crippen LogP contribution in [0.1, 0.15) is 57.7 Å². The number of hydrogen-bond donors (Lipinski definition) is 1. The summed E-state index contributed by atoms with van der Waals surface area (Å²) < 4.78 is 11.4. The smallest absolute Gasteiger partial charge is 0.124 e. The highest BCUT2D eigenvalue weighted by atomic mass is 16.5. The van der Waals surface area contributed by atoms with E-state index in [1.807, 2.05) is 26.0 Å². The molecule has 3 heteroatoms. The summed E-state index contributed by atoms with van der Waals surface area (Å²) in [4.78, 5) is 0. The molecular weight excluding hydrogens is 250 g/mol. The Hall–Kier alpha value is -1.06. The average molecular weight is 279 g/mol. The van der Waals surface area contributed by atoms with Crippen LogP contribution in [0.3, 0.4) is 0 Å². The maximum absolute atomic E-state index is 5.93. The van der Waals surface area contributed by atoms with Crippen LogP contribution in [0.25, 0.3) is 0 Å². The fraction of sp³-hybridized carbons (Fsp3) is 0.647. The Morgan fingerprint density at radius 1 is 1.20 bits per heavy atom. The first-order valence-corrected chi connectivity index (χ1v) is 7.63. The van der Waals surface area contributed by atoms with Gasteiger partial charge in [0.05, 0.1) is 13.2 Å². The molecule has 0 aliphatic heterocycles. The molecule has 0 aliphatic rings. The van der Waals surface area contributed by atoms with Gasteiger partial charge in [-0.3, -0.25) is 0 Å². The molecule has 0 saturated heterocycles. The summed E-state index contributed by atoms with van der Waals surface area (Å²) in [5.74, 6) is 1.64. The first-order valence-electron chi connectivity index (χ1n) is 7.63. The molecule has 1 atom stereocenters. The second-order valence-corrected chi connectivity index (χ2v) is 5.68. The quantitative estimate of drug-likeness (QED) is 0.693. The van der Waals surface area contributed by atoms with E-state index in [9.17, 15) is 0 Å². The van der Waals surface area contributed by atoms with E-state index >= 15 is 0 Å². The SMILES string of the molecule is CCOc1ccc(C(C)N)cc1COCCCC(C)C. The van der Waals surface area contributed by atoms with Gasteiger partial charge >= 0.3 is 0 Å². The number of nitrogens with two attached hydrogens (primary N) is 1. The molecule has 0 fully saturated rings. The maximum atomic E-state index is 5.93. The van der Waals surface area contributed by atoms with Crippen LogP contribution in [-0.2, 0) is 11.3 Å². The summed E-state index contributed by atoms with van der Waals surface area (Å²) in [6.45, 7) is 10.5. The van der Waals surface area contributed by atoms with Gasteiger partial charge in [-0.25, -0.2) is 0 Å². The molecule has 0 saturated carbocycles. The summed E-state index contributed by atoms with van der Waals surface area (Å²) in [6, 6.07) is 6.15. The van der Waals surface area contributed by atoms with Crippen molar-refractivity contribution in [3.63, 3.8) is 0 Å². The fourth-order valence-corrected chi connectivity index (χ4v) is 2.07. The fourth-order valence-electron chi connectivity index (χ4n) is 2.07. The molecule has 3 nitrogen and oxygen atoms in total. The van der Waals surface area contributed by atoms with Crippen LogP contribution in [0.4, 0.5) is 0 Å². The summed E-state index contributed by atoms with van der Waals surface area (Å²) in [6.07, 6.45) is 2.31. The zero-order chi connectivity index (χ0) is 15.0. The highest BCUT2D eigenvalue weighted by Gasteiger charge is 2.08. The van der Waals surface area contributed by atoms with Crippen molar-refractivity contribution >= 4 is 0 Å².